The number of ether oxygens (including phenoxy) is 2. The maximum atomic E-state index is 6.15. The van der Waals surface area contributed by atoms with Gasteiger partial charge in [0, 0.05) is 17.4 Å². The van der Waals surface area contributed by atoms with Gasteiger partial charge in [-0.15, -0.1) is 0 Å². The summed E-state index contributed by atoms with van der Waals surface area (Å²) in [5.74, 6) is 3.37. The number of rotatable bonds is 5. The summed E-state index contributed by atoms with van der Waals surface area (Å²) in [6, 6.07) is 6.00. The van der Waals surface area contributed by atoms with Crippen LogP contribution < -0.4 is 0 Å². The van der Waals surface area contributed by atoms with Crippen LogP contribution in [0.15, 0.2) is 60.3 Å². The van der Waals surface area contributed by atoms with Crippen molar-refractivity contribution in [3.63, 3.8) is 0 Å². The predicted molar refractivity (Wildman–Crippen MR) is 115 cm³/mol. The molecule has 2 aliphatic rings. The molecule has 30 heavy (non-hydrogen) atoms. The predicted octanol–water partition coefficient (Wildman–Crippen LogP) is 5.01. The molecule has 0 radical (unpaired) electrons. The van der Waals surface area contributed by atoms with Crippen LogP contribution in [0.3, 0.4) is 0 Å². The van der Waals surface area contributed by atoms with E-state index in [4.69, 9.17) is 9.47 Å². The van der Waals surface area contributed by atoms with Crippen molar-refractivity contribution >= 4 is 16.7 Å². The maximum Gasteiger partial charge on any atom is 0.190 e. The Bertz CT molecular complexity index is 1210. The molecule has 7 nitrogen and oxygen atoms in total. The van der Waals surface area contributed by atoms with Gasteiger partial charge in [0.15, 0.2) is 17.3 Å². The second-order valence-electron chi connectivity index (χ2n) is 7.90. The van der Waals surface area contributed by atoms with Gasteiger partial charge in [-0.25, -0.2) is 4.98 Å². The fourth-order valence-electron chi connectivity index (χ4n) is 3.62. The largest absolute Gasteiger partial charge is 0.465 e. The van der Waals surface area contributed by atoms with E-state index < -0.39 is 0 Å². The first kappa shape index (κ1) is 18.4. The van der Waals surface area contributed by atoms with Gasteiger partial charge in [-0.05, 0) is 42.5 Å². The van der Waals surface area contributed by atoms with Crippen LogP contribution in [0, 0.1) is 5.92 Å². The molecule has 152 valence electrons. The summed E-state index contributed by atoms with van der Waals surface area (Å²) in [6.45, 7) is 4.32. The van der Waals surface area contributed by atoms with Gasteiger partial charge in [-0.2, -0.15) is 10.2 Å². The number of aromatic amines is 2. The van der Waals surface area contributed by atoms with Crippen LogP contribution >= 0.6 is 0 Å². The Labute approximate surface area is 174 Å². The lowest BCUT2D eigenvalue weighted by atomic mass is 10.0. The van der Waals surface area contributed by atoms with Crippen LogP contribution in [-0.2, 0) is 15.9 Å². The minimum Gasteiger partial charge on any atom is -0.465 e. The Morgan fingerprint density at radius 2 is 2.00 bits per heavy atom. The highest BCUT2D eigenvalue weighted by Gasteiger charge is 2.21. The van der Waals surface area contributed by atoms with Crippen molar-refractivity contribution in [2.75, 3.05) is 0 Å². The topological polar surface area (TPSA) is 88.7 Å². The summed E-state index contributed by atoms with van der Waals surface area (Å²) >= 11 is 0. The molecule has 7 heteroatoms. The highest BCUT2D eigenvalue weighted by atomic mass is 16.5. The molecule has 1 aromatic carbocycles. The number of allylic oxidation sites excluding steroid dienone is 4. The molecule has 3 aromatic rings. The molecule has 2 N–H and O–H groups in total. The molecular formula is C23H23N5O2. The van der Waals surface area contributed by atoms with Gasteiger partial charge in [0.1, 0.15) is 24.0 Å². The lowest BCUT2D eigenvalue weighted by Gasteiger charge is -2.18. The lowest BCUT2D eigenvalue weighted by Crippen LogP contribution is -2.04. The minimum absolute atomic E-state index is 0.515. The molecule has 0 atom stereocenters. The molecule has 1 aliphatic heterocycles. The third-order valence-electron chi connectivity index (χ3n) is 5.09. The quantitative estimate of drug-likeness (QED) is 0.627. The Morgan fingerprint density at radius 1 is 1.10 bits per heavy atom. The molecule has 0 amide bonds. The summed E-state index contributed by atoms with van der Waals surface area (Å²) < 4.78 is 11.7. The van der Waals surface area contributed by atoms with Crippen molar-refractivity contribution in [3.05, 3.63) is 71.8 Å². The summed E-state index contributed by atoms with van der Waals surface area (Å²) in [5, 5.41) is 15.9. The zero-order chi connectivity index (χ0) is 20.5. The fourth-order valence-corrected chi connectivity index (χ4v) is 3.62. The standard InChI is InChI=1S/C23H23N5O2/c1-14(2)10-21-24-23(28-26-21)16-8-9-18-17(11-16)22(27-25-18)20-13-29-12-19(30-20)15-6-4-3-5-7-15/h3-4,6,8-9,11-14H,5,7,10H2,1-2H3,(H,25,27)(H,24,26,28). The number of nitrogens with zero attached hydrogens (tertiary/aromatic N) is 3. The van der Waals surface area contributed by atoms with E-state index in [1.807, 2.05) is 24.3 Å². The average molecular weight is 401 g/mol. The highest BCUT2D eigenvalue weighted by Crippen LogP contribution is 2.33. The van der Waals surface area contributed by atoms with Crippen molar-refractivity contribution in [2.24, 2.45) is 5.92 Å². The fraction of sp³-hybridized carbons (Fsp3) is 0.261. The summed E-state index contributed by atoms with van der Waals surface area (Å²) in [7, 11) is 0. The second-order valence-corrected chi connectivity index (χ2v) is 7.90. The van der Waals surface area contributed by atoms with Crippen molar-refractivity contribution in [3.8, 4) is 11.4 Å². The van der Waals surface area contributed by atoms with E-state index in [0.717, 1.165) is 52.9 Å². The number of H-pyrrole nitrogens is 2. The average Bonchev–Trinajstić information content (AvgIpc) is 3.40. The van der Waals surface area contributed by atoms with E-state index in [1.165, 1.54) is 0 Å². The van der Waals surface area contributed by atoms with Crippen LogP contribution in [0.1, 0.15) is 38.2 Å². The first-order valence-electron chi connectivity index (χ1n) is 10.2. The van der Waals surface area contributed by atoms with E-state index >= 15 is 0 Å². The van der Waals surface area contributed by atoms with Gasteiger partial charge >= 0.3 is 0 Å². The van der Waals surface area contributed by atoms with Crippen LogP contribution in [0.5, 0.6) is 0 Å². The number of nitrogens with one attached hydrogen (secondary N) is 2. The zero-order valence-electron chi connectivity index (χ0n) is 17.0. The van der Waals surface area contributed by atoms with Gasteiger partial charge in [-0.1, -0.05) is 32.1 Å². The molecule has 0 bridgehead atoms. The van der Waals surface area contributed by atoms with E-state index in [-0.39, 0.29) is 0 Å². The number of fused-ring (bicyclic) bond motifs is 1. The Kier molecular flexibility index (Phi) is 4.71. The van der Waals surface area contributed by atoms with Gasteiger partial charge in [0.05, 0.1) is 5.52 Å². The molecule has 2 aromatic heterocycles. The third-order valence-corrected chi connectivity index (χ3v) is 5.09. The van der Waals surface area contributed by atoms with Gasteiger partial charge in [-0.3, -0.25) is 10.2 Å². The molecule has 0 unspecified atom stereocenters. The van der Waals surface area contributed by atoms with Gasteiger partial charge in [0.25, 0.3) is 0 Å². The number of benzene rings is 1. The van der Waals surface area contributed by atoms with Crippen molar-refractivity contribution in [1.82, 2.24) is 25.4 Å². The minimum atomic E-state index is 0.515. The van der Waals surface area contributed by atoms with Crippen molar-refractivity contribution in [2.45, 2.75) is 33.1 Å². The third kappa shape index (κ3) is 3.54. The normalized spacial score (nSPS) is 16.2. The maximum absolute atomic E-state index is 6.15. The van der Waals surface area contributed by atoms with E-state index in [2.05, 4.69) is 51.4 Å². The number of hydrogen-bond donors (Lipinski definition) is 2. The van der Waals surface area contributed by atoms with Crippen molar-refractivity contribution < 1.29 is 9.47 Å². The smallest absolute Gasteiger partial charge is 0.190 e. The molecule has 0 spiro atoms. The van der Waals surface area contributed by atoms with Crippen LogP contribution in [0.25, 0.3) is 28.0 Å². The van der Waals surface area contributed by atoms with E-state index in [1.54, 1.807) is 12.5 Å². The van der Waals surface area contributed by atoms with Gasteiger partial charge < -0.3 is 9.47 Å². The molecule has 0 saturated heterocycles. The Hall–Kier alpha value is -3.61. The zero-order valence-corrected chi connectivity index (χ0v) is 17.0. The first-order valence-corrected chi connectivity index (χ1v) is 10.2. The molecule has 0 saturated carbocycles. The number of hydrogen-bond acceptors (Lipinski definition) is 5. The Balaban J connectivity index is 1.45. The van der Waals surface area contributed by atoms with Gasteiger partial charge in [0.2, 0.25) is 0 Å². The first-order chi connectivity index (χ1) is 14.7. The SMILES string of the molecule is CC(C)Cc1nc(-c2ccc3[nH]nc(C4=COC=C(C5=CC=CCC5)O4)c3c2)n[nH]1. The Morgan fingerprint density at radius 3 is 2.83 bits per heavy atom. The van der Waals surface area contributed by atoms with Crippen LogP contribution in [0.4, 0.5) is 0 Å². The molecule has 5 rings (SSSR count). The summed E-state index contributed by atoms with van der Waals surface area (Å²) in [6.07, 6.45) is 12.2. The monoisotopic (exact) mass is 401 g/mol. The molecular weight excluding hydrogens is 378 g/mol. The highest BCUT2D eigenvalue weighted by molar-refractivity contribution is 5.91. The molecule has 3 heterocycles. The van der Waals surface area contributed by atoms with Crippen LogP contribution in [0.2, 0.25) is 0 Å². The van der Waals surface area contributed by atoms with E-state index in [9.17, 15) is 0 Å². The summed E-state index contributed by atoms with van der Waals surface area (Å²) in [5.41, 5.74) is 3.64. The molecule has 0 fully saturated rings. The summed E-state index contributed by atoms with van der Waals surface area (Å²) in [4.78, 5) is 4.64. The van der Waals surface area contributed by atoms with Crippen molar-refractivity contribution in [1.29, 1.82) is 0 Å². The number of aromatic nitrogens is 5. The van der Waals surface area contributed by atoms with E-state index in [0.29, 0.717) is 23.2 Å². The molecule has 1 aliphatic carbocycles. The second kappa shape index (κ2) is 7.67. The lowest BCUT2D eigenvalue weighted by molar-refractivity contribution is 0.284. The van der Waals surface area contributed by atoms with Crippen LogP contribution in [-0.4, -0.2) is 25.4 Å².